The van der Waals surface area contributed by atoms with E-state index in [-0.39, 0.29) is 62.2 Å². The number of amides is 2. The van der Waals surface area contributed by atoms with Crippen molar-refractivity contribution < 1.29 is 37.1 Å². The summed E-state index contributed by atoms with van der Waals surface area (Å²) < 4.78 is 38.7. The third-order valence-corrected chi connectivity index (χ3v) is 12.2. The predicted molar refractivity (Wildman–Crippen MR) is 208 cm³/mol. The Morgan fingerprint density at radius 3 is 1.94 bits per heavy atom. The second kappa shape index (κ2) is 18.1. The number of aryl methyl sites for hydroxylation is 2. The van der Waals surface area contributed by atoms with Crippen molar-refractivity contribution in [3.8, 4) is 0 Å². The number of rotatable bonds is 13. The fourth-order valence-electron chi connectivity index (χ4n) is 6.52. The molecule has 11 nitrogen and oxygen atoms in total. The van der Waals surface area contributed by atoms with Gasteiger partial charge in [0, 0.05) is 23.8 Å². The zero-order valence-electron chi connectivity index (χ0n) is 30.1. The zero-order chi connectivity index (χ0) is 39.0. The van der Waals surface area contributed by atoms with E-state index in [0.717, 1.165) is 24.0 Å². The number of hydrogen-bond acceptors (Lipinski definition) is 8. The van der Waals surface area contributed by atoms with Gasteiger partial charge in [0.05, 0.1) is 51.9 Å². The van der Waals surface area contributed by atoms with Crippen LogP contribution in [0.25, 0.3) is 0 Å². The molecule has 1 aliphatic carbocycles. The molecule has 0 heterocycles. The number of hydrogen-bond donors (Lipinski definition) is 2. The normalized spacial score (nSPS) is 15.7. The first-order valence-electron chi connectivity index (χ1n) is 17.4. The van der Waals surface area contributed by atoms with E-state index >= 15 is 0 Å². The fourth-order valence-corrected chi connectivity index (χ4v) is 8.59. The van der Waals surface area contributed by atoms with E-state index < -0.39 is 21.8 Å². The second-order valence-electron chi connectivity index (χ2n) is 12.9. The highest BCUT2D eigenvalue weighted by Crippen LogP contribution is 2.33. The molecular formula is C40H41Cl2N3O8S. The third kappa shape index (κ3) is 9.67. The minimum Gasteiger partial charge on any atom is -0.469 e. The van der Waals surface area contributed by atoms with E-state index in [1.54, 1.807) is 31.2 Å². The number of esters is 2. The topological polar surface area (TPSA) is 148 Å². The van der Waals surface area contributed by atoms with Crippen molar-refractivity contribution in [2.45, 2.75) is 56.4 Å². The Kier molecular flexibility index (Phi) is 13.5. The lowest BCUT2D eigenvalue weighted by atomic mass is 9.86. The molecule has 14 heteroatoms. The molecule has 1 saturated carbocycles. The molecule has 4 aromatic rings. The number of anilines is 2. The number of benzene rings is 4. The maximum Gasteiger partial charge on any atom is 0.337 e. The largest absolute Gasteiger partial charge is 0.469 e. The van der Waals surface area contributed by atoms with Crippen molar-refractivity contribution in [2.24, 2.45) is 5.92 Å². The number of carbonyl (C=O) groups excluding carboxylic acids is 4. The molecular weight excluding hydrogens is 753 g/mol. The van der Waals surface area contributed by atoms with Crippen molar-refractivity contribution in [3.05, 3.63) is 123 Å². The average Bonchev–Trinajstić information content (AvgIpc) is 3.18. The molecule has 1 aliphatic rings. The van der Waals surface area contributed by atoms with Gasteiger partial charge in [0.25, 0.3) is 11.8 Å². The van der Waals surface area contributed by atoms with Gasteiger partial charge in [-0.1, -0.05) is 60.5 Å². The van der Waals surface area contributed by atoms with Crippen LogP contribution in [-0.4, -0.2) is 63.3 Å². The summed E-state index contributed by atoms with van der Waals surface area (Å²) in [4.78, 5) is 50.7. The van der Waals surface area contributed by atoms with Crippen LogP contribution < -0.4 is 10.6 Å². The van der Waals surface area contributed by atoms with Crippen molar-refractivity contribution in [1.29, 1.82) is 0 Å². The highest BCUT2D eigenvalue weighted by atomic mass is 35.5. The number of nitrogens with zero attached hydrogens (tertiary/aromatic N) is 1. The molecule has 0 radical (unpaired) electrons. The first kappa shape index (κ1) is 40.4. The molecule has 54 heavy (non-hydrogen) atoms. The number of methoxy groups -OCH3 is 2. The number of nitrogens with one attached hydrogen (secondary N) is 2. The van der Waals surface area contributed by atoms with Crippen molar-refractivity contribution >= 4 is 68.4 Å². The van der Waals surface area contributed by atoms with E-state index in [2.05, 4.69) is 10.6 Å². The summed E-state index contributed by atoms with van der Waals surface area (Å²) in [7, 11) is -1.31. The summed E-state index contributed by atoms with van der Waals surface area (Å²) in [5.41, 5.74) is 3.25. The van der Waals surface area contributed by atoms with Crippen LogP contribution in [0.2, 0.25) is 10.0 Å². The summed E-state index contributed by atoms with van der Waals surface area (Å²) in [5, 5.41) is 5.73. The number of halogens is 2. The van der Waals surface area contributed by atoms with E-state index in [4.69, 9.17) is 32.7 Å². The lowest BCUT2D eigenvalue weighted by Crippen LogP contribution is -2.43. The van der Waals surface area contributed by atoms with Crippen molar-refractivity contribution in [2.75, 3.05) is 31.4 Å². The smallest absolute Gasteiger partial charge is 0.337 e. The van der Waals surface area contributed by atoms with Crippen LogP contribution in [0.5, 0.6) is 0 Å². The Morgan fingerprint density at radius 1 is 0.741 bits per heavy atom. The van der Waals surface area contributed by atoms with Gasteiger partial charge in [-0.05, 0) is 104 Å². The quantitative estimate of drug-likeness (QED) is 0.130. The molecule has 0 unspecified atom stereocenters. The van der Waals surface area contributed by atoms with E-state index in [1.165, 1.54) is 54.9 Å². The van der Waals surface area contributed by atoms with Gasteiger partial charge in [-0.15, -0.1) is 0 Å². The minimum atomic E-state index is -4.00. The third-order valence-electron chi connectivity index (χ3n) is 9.50. The van der Waals surface area contributed by atoms with E-state index in [1.807, 2.05) is 24.3 Å². The molecule has 284 valence electrons. The summed E-state index contributed by atoms with van der Waals surface area (Å²) in [6.07, 6.45) is 3.53. The SMILES string of the molecule is CCN([C@H]1CC[C@H](C(=O)OC)CC1)S(=O)(=O)c1cccc(C(=O)Nc2cc(Cl)c(Cl)cc2C(=O)Nc2ccc(CCc3ccc(C(=O)OC)cc3)cc2)c1. The standard InChI is InChI=1S/C40H41Cl2N3O8S/c1-4-45(31-20-16-28(17-21-31)40(49)53-3)54(50,51)32-7-5-6-29(22-32)37(46)44-36-24-35(42)34(41)23-33(36)38(47)43-30-18-12-26(13-19-30)9-8-25-10-14-27(15-11-25)39(48)52-2/h5-7,10-15,18-19,22-24,28,31H,4,8-9,16-17,20-21H2,1-3H3,(H,43,47)(H,44,46)/t28-,31-. The van der Waals surface area contributed by atoms with Crippen molar-refractivity contribution in [1.82, 2.24) is 4.31 Å². The molecule has 0 bridgehead atoms. The Balaban J connectivity index is 1.26. The molecule has 0 saturated heterocycles. The van der Waals surface area contributed by atoms with E-state index in [0.29, 0.717) is 36.9 Å². The highest BCUT2D eigenvalue weighted by Gasteiger charge is 2.35. The number of sulfonamides is 1. The molecule has 2 N–H and O–H groups in total. The second-order valence-corrected chi connectivity index (χ2v) is 15.6. The van der Waals surface area contributed by atoms with Gasteiger partial charge >= 0.3 is 11.9 Å². The Bertz CT molecular complexity index is 2120. The van der Waals surface area contributed by atoms with Gasteiger partial charge in [-0.3, -0.25) is 14.4 Å². The first-order chi connectivity index (χ1) is 25.8. The van der Waals surface area contributed by atoms with Gasteiger partial charge in [-0.25, -0.2) is 13.2 Å². The van der Waals surface area contributed by atoms with Crippen molar-refractivity contribution in [3.63, 3.8) is 0 Å². The maximum absolute atomic E-state index is 13.8. The lowest BCUT2D eigenvalue weighted by Gasteiger charge is -2.34. The molecule has 0 aromatic heterocycles. The molecule has 1 fully saturated rings. The summed E-state index contributed by atoms with van der Waals surface area (Å²) in [6, 6.07) is 22.6. The molecule has 4 aromatic carbocycles. The van der Waals surface area contributed by atoms with Gasteiger partial charge < -0.3 is 20.1 Å². The predicted octanol–water partition coefficient (Wildman–Crippen LogP) is 7.81. The number of carbonyl (C=O) groups is 4. The zero-order valence-corrected chi connectivity index (χ0v) is 32.4. The Hall–Kier alpha value is -4.75. The molecule has 0 spiro atoms. The minimum absolute atomic E-state index is 0.0423. The fraction of sp³-hybridized carbons (Fsp3) is 0.300. The molecule has 2 amide bonds. The van der Waals surface area contributed by atoms with Gasteiger partial charge in [-0.2, -0.15) is 4.31 Å². The molecule has 0 aliphatic heterocycles. The summed E-state index contributed by atoms with van der Waals surface area (Å²) in [6.45, 7) is 1.97. The van der Waals surface area contributed by atoms with Crippen LogP contribution >= 0.6 is 23.2 Å². The Morgan fingerprint density at radius 2 is 1.35 bits per heavy atom. The van der Waals surface area contributed by atoms with Crippen LogP contribution in [0.1, 0.15) is 74.8 Å². The number of ether oxygens (including phenoxy) is 2. The monoisotopic (exact) mass is 793 g/mol. The lowest BCUT2D eigenvalue weighted by molar-refractivity contribution is -0.146. The van der Waals surface area contributed by atoms with Crippen LogP contribution in [-0.2, 0) is 37.1 Å². The summed E-state index contributed by atoms with van der Waals surface area (Å²) >= 11 is 12.6. The van der Waals surface area contributed by atoms with Crippen LogP contribution in [0.3, 0.4) is 0 Å². The highest BCUT2D eigenvalue weighted by molar-refractivity contribution is 7.89. The Labute approximate surface area is 325 Å². The maximum atomic E-state index is 13.8. The van der Waals surface area contributed by atoms with Gasteiger partial charge in [0.1, 0.15) is 0 Å². The van der Waals surface area contributed by atoms with Gasteiger partial charge in [0.2, 0.25) is 10.0 Å². The van der Waals surface area contributed by atoms with Crippen LogP contribution in [0.4, 0.5) is 11.4 Å². The molecule has 0 atom stereocenters. The van der Waals surface area contributed by atoms with Crippen LogP contribution in [0, 0.1) is 5.92 Å². The molecule has 5 rings (SSSR count). The summed E-state index contributed by atoms with van der Waals surface area (Å²) in [5.74, 6) is -2.15. The van der Waals surface area contributed by atoms with Crippen LogP contribution in [0.15, 0.2) is 89.8 Å². The first-order valence-corrected chi connectivity index (χ1v) is 19.6. The van der Waals surface area contributed by atoms with Gasteiger partial charge in [0.15, 0.2) is 0 Å². The van der Waals surface area contributed by atoms with E-state index in [9.17, 15) is 27.6 Å². The average molecular weight is 795 g/mol.